The normalized spacial score (nSPS) is 12.2. The predicted molar refractivity (Wildman–Crippen MR) is 71.9 cm³/mol. The van der Waals surface area contributed by atoms with Crippen molar-refractivity contribution < 1.29 is 9.90 Å². The molecule has 0 aliphatic carbocycles. The molecule has 0 aromatic heterocycles. The maximum atomic E-state index is 11.0. The molecule has 0 aliphatic heterocycles. The van der Waals surface area contributed by atoms with Crippen molar-refractivity contribution in [2.45, 2.75) is 20.0 Å². The fourth-order valence-electron chi connectivity index (χ4n) is 1.70. The quantitative estimate of drug-likeness (QED) is 0.871. The summed E-state index contributed by atoms with van der Waals surface area (Å²) in [5.41, 5.74) is 6.83. The molecule has 0 fully saturated rings. The fourth-order valence-corrected chi connectivity index (χ4v) is 2.08. The highest BCUT2D eigenvalue weighted by Crippen LogP contribution is 2.29. The Labute approximate surface area is 110 Å². The van der Waals surface area contributed by atoms with E-state index >= 15 is 0 Å². The van der Waals surface area contributed by atoms with E-state index in [4.69, 9.17) is 5.73 Å². The second kappa shape index (κ2) is 6.02. The van der Waals surface area contributed by atoms with E-state index in [2.05, 4.69) is 15.9 Å². The highest BCUT2D eigenvalue weighted by molar-refractivity contribution is 9.10. The number of benzene rings is 1. The summed E-state index contributed by atoms with van der Waals surface area (Å²) in [6.07, 6.45) is -0.593. The van der Waals surface area contributed by atoms with Gasteiger partial charge in [0.05, 0.1) is 12.6 Å². The summed E-state index contributed by atoms with van der Waals surface area (Å²) in [6, 6.07) is 5.60. The molecule has 1 aromatic rings. The zero-order valence-corrected chi connectivity index (χ0v) is 11.6. The van der Waals surface area contributed by atoms with Crippen LogP contribution in [0.1, 0.15) is 25.5 Å². The highest BCUT2D eigenvalue weighted by Gasteiger charge is 2.15. The number of likely N-dealkylation sites (N-methyl/N-ethyl adjacent to an activating group) is 1. The van der Waals surface area contributed by atoms with Crippen LogP contribution in [0.2, 0.25) is 0 Å². The number of halogens is 1. The first-order valence-corrected chi connectivity index (χ1v) is 6.25. The van der Waals surface area contributed by atoms with Crippen LogP contribution in [0, 0.1) is 0 Å². The molecule has 1 unspecified atom stereocenters. The van der Waals surface area contributed by atoms with Crippen molar-refractivity contribution in [1.82, 2.24) is 0 Å². The number of aliphatic hydroxyl groups excluding tert-OH is 1. The van der Waals surface area contributed by atoms with Crippen molar-refractivity contribution in [3.8, 4) is 0 Å². The lowest BCUT2D eigenvalue weighted by molar-refractivity contribution is -0.116. The molecule has 0 spiro atoms. The van der Waals surface area contributed by atoms with E-state index in [0.29, 0.717) is 6.54 Å². The largest absolute Gasteiger partial charge is 0.389 e. The van der Waals surface area contributed by atoms with Gasteiger partial charge in [0.1, 0.15) is 0 Å². The summed E-state index contributed by atoms with van der Waals surface area (Å²) in [5, 5.41) is 9.74. The average Bonchev–Trinajstić information content (AvgIpc) is 2.25. The second-order valence-corrected chi connectivity index (χ2v) is 4.78. The monoisotopic (exact) mass is 300 g/mol. The first-order chi connectivity index (χ1) is 7.95. The Morgan fingerprint density at radius 3 is 2.71 bits per heavy atom. The third kappa shape index (κ3) is 3.71. The van der Waals surface area contributed by atoms with Gasteiger partial charge in [0.25, 0.3) is 0 Å². The van der Waals surface area contributed by atoms with Crippen molar-refractivity contribution in [3.05, 3.63) is 28.2 Å². The van der Waals surface area contributed by atoms with Crippen LogP contribution >= 0.6 is 15.9 Å². The Kier molecular flexibility index (Phi) is 4.96. The minimum atomic E-state index is -0.593. The van der Waals surface area contributed by atoms with Gasteiger partial charge in [-0.15, -0.1) is 0 Å². The molecule has 1 aromatic carbocycles. The Hall–Kier alpha value is -1.07. The number of nitrogens with two attached hydrogens (primary N) is 1. The molecular formula is C12H17BrN2O2. The van der Waals surface area contributed by atoms with E-state index in [1.54, 1.807) is 6.92 Å². The van der Waals surface area contributed by atoms with Crippen LogP contribution in [-0.4, -0.2) is 24.1 Å². The summed E-state index contributed by atoms with van der Waals surface area (Å²) in [5.74, 6) is -0.383. The number of amides is 1. The number of hydrogen-bond donors (Lipinski definition) is 2. The number of rotatable bonds is 5. The van der Waals surface area contributed by atoms with Gasteiger partial charge in [0.2, 0.25) is 5.91 Å². The first-order valence-electron chi connectivity index (χ1n) is 5.46. The van der Waals surface area contributed by atoms with Gasteiger partial charge < -0.3 is 15.7 Å². The average molecular weight is 301 g/mol. The van der Waals surface area contributed by atoms with Gasteiger partial charge in [-0.25, -0.2) is 0 Å². The van der Waals surface area contributed by atoms with Crippen molar-refractivity contribution in [2.75, 3.05) is 18.0 Å². The summed E-state index contributed by atoms with van der Waals surface area (Å²) < 4.78 is 0.896. The standard InChI is InChI=1S/C12H17BrN2O2/c1-3-15(7-12(14)17)11-5-4-9(13)6-10(11)8(2)16/h4-6,8,16H,3,7H2,1-2H3,(H2,14,17). The molecule has 3 N–H and O–H groups in total. The topological polar surface area (TPSA) is 66.6 Å². The molecule has 1 rings (SSSR count). The maximum Gasteiger partial charge on any atom is 0.236 e. The Balaban J connectivity index is 3.13. The van der Waals surface area contributed by atoms with Gasteiger partial charge in [0.15, 0.2) is 0 Å². The molecule has 0 saturated heterocycles. The van der Waals surface area contributed by atoms with Crippen LogP contribution in [0.25, 0.3) is 0 Å². The van der Waals surface area contributed by atoms with Gasteiger partial charge in [0, 0.05) is 22.3 Å². The molecule has 0 radical (unpaired) electrons. The van der Waals surface area contributed by atoms with E-state index < -0.39 is 6.10 Å². The van der Waals surface area contributed by atoms with Crippen LogP contribution in [0.15, 0.2) is 22.7 Å². The van der Waals surface area contributed by atoms with Crippen LogP contribution in [-0.2, 0) is 4.79 Å². The van der Waals surface area contributed by atoms with Gasteiger partial charge >= 0.3 is 0 Å². The lowest BCUT2D eigenvalue weighted by atomic mass is 10.1. The molecule has 1 amide bonds. The molecule has 0 bridgehead atoms. The van der Waals surface area contributed by atoms with E-state index in [0.717, 1.165) is 15.7 Å². The number of carbonyl (C=O) groups excluding carboxylic acids is 1. The van der Waals surface area contributed by atoms with E-state index in [1.807, 2.05) is 30.0 Å². The number of carbonyl (C=O) groups is 1. The van der Waals surface area contributed by atoms with Crippen molar-refractivity contribution >= 4 is 27.5 Å². The molecular weight excluding hydrogens is 284 g/mol. The Bertz CT molecular complexity index is 407. The molecule has 0 aliphatic rings. The second-order valence-electron chi connectivity index (χ2n) is 3.86. The SMILES string of the molecule is CCN(CC(N)=O)c1ccc(Br)cc1C(C)O. The van der Waals surface area contributed by atoms with E-state index in [1.165, 1.54) is 0 Å². The van der Waals surface area contributed by atoms with Crippen LogP contribution < -0.4 is 10.6 Å². The van der Waals surface area contributed by atoms with E-state index in [9.17, 15) is 9.90 Å². The molecule has 4 nitrogen and oxygen atoms in total. The third-order valence-electron chi connectivity index (χ3n) is 2.51. The van der Waals surface area contributed by atoms with Gasteiger partial charge in [-0.3, -0.25) is 4.79 Å². The number of aliphatic hydroxyl groups is 1. The smallest absolute Gasteiger partial charge is 0.236 e. The Morgan fingerprint density at radius 2 is 2.24 bits per heavy atom. The lowest BCUT2D eigenvalue weighted by Gasteiger charge is -2.25. The summed E-state index contributed by atoms with van der Waals surface area (Å²) in [7, 11) is 0. The Morgan fingerprint density at radius 1 is 1.59 bits per heavy atom. The van der Waals surface area contributed by atoms with Gasteiger partial charge in [-0.2, -0.15) is 0 Å². The third-order valence-corrected chi connectivity index (χ3v) is 3.00. The first kappa shape index (κ1) is 14.0. The number of anilines is 1. The molecule has 94 valence electrons. The molecule has 0 heterocycles. The van der Waals surface area contributed by atoms with Crippen molar-refractivity contribution in [3.63, 3.8) is 0 Å². The molecule has 17 heavy (non-hydrogen) atoms. The van der Waals surface area contributed by atoms with Crippen molar-refractivity contribution in [2.24, 2.45) is 5.73 Å². The number of nitrogens with zero attached hydrogens (tertiary/aromatic N) is 1. The maximum absolute atomic E-state index is 11.0. The lowest BCUT2D eigenvalue weighted by Crippen LogP contribution is -2.34. The predicted octanol–water partition coefficient (Wildman–Crippen LogP) is 1.81. The number of hydrogen-bond acceptors (Lipinski definition) is 3. The summed E-state index contributed by atoms with van der Waals surface area (Å²) in [6.45, 7) is 4.45. The van der Waals surface area contributed by atoms with Crippen LogP contribution in [0.5, 0.6) is 0 Å². The zero-order valence-electron chi connectivity index (χ0n) is 9.98. The van der Waals surface area contributed by atoms with Crippen LogP contribution in [0.3, 0.4) is 0 Å². The number of primary amides is 1. The summed E-state index contributed by atoms with van der Waals surface area (Å²) in [4.78, 5) is 12.8. The van der Waals surface area contributed by atoms with Gasteiger partial charge in [-0.1, -0.05) is 15.9 Å². The van der Waals surface area contributed by atoms with Crippen molar-refractivity contribution in [1.29, 1.82) is 0 Å². The fraction of sp³-hybridized carbons (Fsp3) is 0.417. The molecule has 5 heteroatoms. The summed E-state index contributed by atoms with van der Waals surface area (Å²) >= 11 is 3.37. The zero-order chi connectivity index (χ0) is 13.0. The molecule has 1 atom stereocenters. The highest BCUT2D eigenvalue weighted by atomic mass is 79.9. The van der Waals surface area contributed by atoms with Crippen LogP contribution in [0.4, 0.5) is 5.69 Å². The molecule has 0 saturated carbocycles. The van der Waals surface area contributed by atoms with E-state index in [-0.39, 0.29) is 12.5 Å². The minimum absolute atomic E-state index is 0.151. The minimum Gasteiger partial charge on any atom is -0.389 e. The van der Waals surface area contributed by atoms with Gasteiger partial charge in [-0.05, 0) is 32.0 Å².